The zero-order chi connectivity index (χ0) is 26.9. The van der Waals surface area contributed by atoms with Crippen molar-refractivity contribution in [1.82, 2.24) is 0 Å². The molecule has 198 valence electrons. The summed E-state index contributed by atoms with van der Waals surface area (Å²) in [6.07, 6.45) is 0.00565. The first-order valence-electron chi connectivity index (χ1n) is 10.4. The van der Waals surface area contributed by atoms with E-state index in [4.69, 9.17) is 19.6 Å². The van der Waals surface area contributed by atoms with Crippen LogP contribution in [0.2, 0.25) is 0 Å². The fraction of sp³-hybridized carbons (Fsp3) is 0.619. The summed E-state index contributed by atoms with van der Waals surface area (Å²) in [6.45, 7) is 11.2. The van der Waals surface area contributed by atoms with Gasteiger partial charge in [-0.3, -0.25) is 9.36 Å². The number of hydrogen-bond acceptors (Lipinski definition) is 8. The first-order chi connectivity index (χ1) is 15.5. The van der Waals surface area contributed by atoms with E-state index in [2.05, 4.69) is 0 Å². The third kappa shape index (κ3) is 24.3. The Hall–Kier alpha value is -0.880. The van der Waals surface area contributed by atoms with Gasteiger partial charge in [-0.25, -0.2) is 13.2 Å². The van der Waals surface area contributed by atoms with Gasteiger partial charge in [-0.1, -0.05) is 45.9 Å². The van der Waals surface area contributed by atoms with E-state index in [-0.39, 0.29) is 39.9 Å². The van der Waals surface area contributed by atoms with Crippen LogP contribution in [0.5, 0.6) is 0 Å². The van der Waals surface area contributed by atoms with Crippen molar-refractivity contribution in [1.29, 1.82) is 0 Å². The molecule has 0 amide bonds. The summed E-state index contributed by atoms with van der Waals surface area (Å²) in [7, 11) is -7.23. The largest absolute Gasteiger partial charge is 0.480 e. The van der Waals surface area contributed by atoms with E-state index in [0.717, 1.165) is 0 Å². The van der Waals surface area contributed by atoms with Crippen LogP contribution in [0, 0.1) is 0 Å². The second-order valence-electron chi connectivity index (χ2n) is 7.73. The number of Topliss-reactive ketones (excluding diaryl/α,β-unsaturated/α-hetero) is 1. The molecule has 0 spiro atoms. The molecule has 1 aromatic rings. The number of aliphatic carboxylic acids is 1. The second-order valence-corrected chi connectivity index (χ2v) is 14.9. The van der Waals surface area contributed by atoms with Gasteiger partial charge in [0.05, 0.1) is 22.2 Å². The van der Waals surface area contributed by atoms with Gasteiger partial charge in [-0.05, 0) is 36.5 Å². The number of benzene rings is 1. The summed E-state index contributed by atoms with van der Waals surface area (Å²) in [5, 5.41) is 8.66. The van der Waals surface area contributed by atoms with Crippen LogP contribution in [-0.4, -0.2) is 75.3 Å². The number of ether oxygens (including phenoxy) is 1. The summed E-state index contributed by atoms with van der Waals surface area (Å²) in [5.74, 6) is -1.31. The molecule has 1 aromatic carbocycles. The summed E-state index contributed by atoms with van der Waals surface area (Å²) < 4.78 is 38.6. The fourth-order valence-electron chi connectivity index (χ4n) is 1.71. The Morgan fingerprint density at radius 1 is 0.971 bits per heavy atom. The molecule has 1 rings (SSSR count). The number of rotatable bonds is 12. The van der Waals surface area contributed by atoms with Crippen molar-refractivity contribution in [3.8, 4) is 0 Å². The summed E-state index contributed by atoms with van der Waals surface area (Å²) >= 11 is 2.74. The normalized spacial score (nSPS) is 11.5. The highest BCUT2D eigenvalue weighted by atomic mass is 32.2. The van der Waals surface area contributed by atoms with Crippen molar-refractivity contribution in [3.63, 3.8) is 0 Å². The third-order valence-corrected chi connectivity index (χ3v) is 8.60. The lowest BCUT2D eigenvalue weighted by Gasteiger charge is -2.05. The maximum absolute atomic E-state index is 11.9. The quantitative estimate of drug-likeness (QED) is 0.318. The SMILES string of the molecule is CC(C)OCC(=O)O.CC(C)SCC(=O)CS(=O)(=O)c1ccccc1.CC(C)SCP(=O)(O)O. The Kier molecular flexibility index (Phi) is 19.1. The van der Waals surface area contributed by atoms with Crippen molar-refractivity contribution in [3.05, 3.63) is 30.3 Å². The van der Waals surface area contributed by atoms with Crippen LogP contribution in [0.25, 0.3) is 0 Å². The van der Waals surface area contributed by atoms with Crippen LogP contribution in [0.3, 0.4) is 0 Å². The summed E-state index contributed by atoms with van der Waals surface area (Å²) in [6, 6.07) is 8.08. The molecule has 0 aliphatic heterocycles. The van der Waals surface area contributed by atoms with Gasteiger partial charge in [0.2, 0.25) is 0 Å². The first-order valence-corrected chi connectivity index (χ1v) is 15.9. The number of carbonyl (C=O) groups is 2. The fourth-order valence-corrected chi connectivity index (χ4v) is 5.69. The van der Waals surface area contributed by atoms with Gasteiger partial charge in [0.15, 0.2) is 15.6 Å². The van der Waals surface area contributed by atoms with Crippen molar-refractivity contribution in [2.45, 2.75) is 63.0 Å². The van der Waals surface area contributed by atoms with Crippen LogP contribution in [0.1, 0.15) is 41.5 Å². The van der Waals surface area contributed by atoms with Crippen molar-refractivity contribution >= 4 is 52.7 Å². The minimum atomic E-state index is -3.76. The smallest absolute Gasteiger partial charge is 0.335 e. The van der Waals surface area contributed by atoms with Gasteiger partial charge in [-0.15, -0.1) is 11.8 Å². The Morgan fingerprint density at radius 2 is 1.47 bits per heavy atom. The number of hydrogen-bond donors (Lipinski definition) is 3. The maximum Gasteiger partial charge on any atom is 0.335 e. The number of carbonyl (C=O) groups excluding carboxylic acids is 1. The molecule has 0 fully saturated rings. The zero-order valence-electron chi connectivity index (χ0n) is 20.4. The average molecular weight is 561 g/mol. The molecule has 0 aromatic heterocycles. The molecule has 0 aliphatic rings. The van der Waals surface area contributed by atoms with E-state index in [1.807, 2.05) is 27.7 Å². The lowest BCUT2D eigenvalue weighted by molar-refractivity contribution is -0.143. The van der Waals surface area contributed by atoms with Gasteiger partial charge in [0.25, 0.3) is 0 Å². The number of ketones is 1. The molecule has 0 atom stereocenters. The van der Waals surface area contributed by atoms with Crippen LogP contribution in [-0.2, 0) is 28.7 Å². The van der Waals surface area contributed by atoms with Gasteiger partial charge >= 0.3 is 13.6 Å². The molecular formula is C21H37O9PS3. The number of sulfone groups is 1. The molecule has 0 aliphatic carbocycles. The minimum Gasteiger partial charge on any atom is -0.480 e. The van der Waals surface area contributed by atoms with E-state index in [9.17, 15) is 22.6 Å². The molecule has 34 heavy (non-hydrogen) atoms. The predicted molar refractivity (Wildman–Crippen MR) is 139 cm³/mol. The van der Waals surface area contributed by atoms with Crippen LogP contribution >= 0.6 is 31.1 Å². The molecule has 0 bridgehead atoms. The van der Waals surface area contributed by atoms with E-state index >= 15 is 0 Å². The van der Waals surface area contributed by atoms with E-state index in [1.54, 1.807) is 32.0 Å². The molecule has 0 radical (unpaired) electrons. The monoisotopic (exact) mass is 560 g/mol. The highest BCUT2D eigenvalue weighted by Crippen LogP contribution is 2.39. The molecule has 0 unspecified atom stereocenters. The maximum atomic E-state index is 11.9. The van der Waals surface area contributed by atoms with E-state index in [0.29, 0.717) is 5.25 Å². The number of carboxylic acid groups (broad SMARTS) is 1. The first kappa shape index (κ1) is 35.3. The molecule has 0 saturated heterocycles. The van der Waals surface area contributed by atoms with Crippen LogP contribution in [0.4, 0.5) is 0 Å². The second kappa shape index (κ2) is 18.4. The topological polar surface area (TPSA) is 155 Å². The highest BCUT2D eigenvalue weighted by Gasteiger charge is 2.19. The van der Waals surface area contributed by atoms with Gasteiger partial charge in [0.1, 0.15) is 12.4 Å². The Balaban J connectivity index is 0. The molecule has 3 N–H and O–H groups in total. The van der Waals surface area contributed by atoms with E-state index in [1.165, 1.54) is 35.7 Å². The average Bonchev–Trinajstić information content (AvgIpc) is 2.70. The lowest BCUT2D eigenvalue weighted by Crippen LogP contribution is -2.18. The standard InChI is InChI=1S/C12H16O3S2.C5H10O3.C4H11O3PS/c1-10(2)16-8-11(13)9-17(14,15)12-6-4-3-5-7-12;1-4(2)8-3-5(6)7;1-4(2)9-3-8(5,6)7/h3-7,10H,8-9H2,1-2H3;4H,3H2,1-2H3,(H,6,7);4H,3H2,1-2H3,(H2,5,6,7). The Bertz CT molecular complexity index is 851. The summed E-state index contributed by atoms with van der Waals surface area (Å²) in [4.78, 5) is 38.2. The summed E-state index contributed by atoms with van der Waals surface area (Å²) in [5.41, 5.74) is -0.0648. The highest BCUT2D eigenvalue weighted by molar-refractivity contribution is 8.04. The number of thioether (sulfide) groups is 2. The van der Waals surface area contributed by atoms with Crippen molar-refractivity contribution in [2.75, 3.05) is 23.6 Å². The molecule has 13 heteroatoms. The molecular weight excluding hydrogens is 523 g/mol. The van der Waals surface area contributed by atoms with Crippen molar-refractivity contribution < 1.29 is 42.2 Å². The Labute approximate surface area is 211 Å². The Morgan fingerprint density at radius 3 is 1.79 bits per heavy atom. The predicted octanol–water partition coefficient (Wildman–Crippen LogP) is 3.93. The molecule has 0 saturated carbocycles. The van der Waals surface area contributed by atoms with Gasteiger partial charge < -0.3 is 19.6 Å². The number of carboxylic acids is 1. The minimum absolute atomic E-state index is 0.00565. The van der Waals surface area contributed by atoms with Crippen LogP contribution < -0.4 is 0 Å². The lowest BCUT2D eigenvalue weighted by atomic mass is 10.4. The van der Waals surface area contributed by atoms with Crippen molar-refractivity contribution in [2.24, 2.45) is 0 Å². The molecule has 0 heterocycles. The van der Waals surface area contributed by atoms with Gasteiger partial charge in [-0.2, -0.15) is 11.8 Å². The molecule has 9 nitrogen and oxygen atoms in total. The van der Waals surface area contributed by atoms with Crippen LogP contribution in [0.15, 0.2) is 35.2 Å². The van der Waals surface area contributed by atoms with Gasteiger partial charge in [0, 0.05) is 0 Å². The van der Waals surface area contributed by atoms with E-state index < -0.39 is 29.2 Å². The zero-order valence-corrected chi connectivity index (χ0v) is 23.8. The third-order valence-electron chi connectivity index (χ3n) is 3.15.